The van der Waals surface area contributed by atoms with E-state index in [1.165, 1.54) is 11.1 Å². The number of aliphatic carboxylic acids is 1. The molecule has 0 amide bonds. The second-order valence-electron chi connectivity index (χ2n) is 4.80. The lowest BCUT2D eigenvalue weighted by atomic mass is 9.91. The van der Waals surface area contributed by atoms with Crippen LogP contribution in [-0.4, -0.2) is 30.7 Å². The third-order valence-electron chi connectivity index (χ3n) is 3.70. The van der Waals surface area contributed by atoms with Crippen molar-refractivity contribution < 1.29 is 9.90 Å². The Morgan fingerprint density at radius 1 is 1.53 bits per heavy atom. The van der Waals surface area contributed by atoms with Gasteiger partial charge in [0.2, 0.25) is 0 Å². The monoisotopic (exact) mass is 234 g/mol. The first-order valence-electron chi connectivity index (χ1n) is 5.73. The van der Waals surface area contributed by atoms with Crippen LogP contribution in [0.15, 0.2) is 12.1 Å². The highest BCUT2D eigenvalue weighted by atomic mass is 16.4. The van der Waals surface area contributed by atoms with Crippen molar-refractivity contribution in [2.75, 3.05) is 18.5 Å². The fraction of sp³-hybridized carbons (Fsp3) is 0.462. The van der Waals surface area contributed by atoms with Gasteiger partial charge in [-0.25, -0.2) is 0 Å². The second kappa shape index (κ2) is 4.04. The van der Waals surface area contributed by atoms with E-state index in [9.17, 15) is 4.79 Å². The quantitative estimate of drug-likeness (QED) is 0.808. The minimum atomic E-state index is -0.936. The molecule has 0 fully saturated rings. The summed E-state index contributed by atoms with van der Waals surface area (Å²) in [5.41, 5.74) is 10.4. The van der Waals surface area contributed by atoms with Gasteiger partial charge in [-0.15, -0.1) is 0 Å². The first-order chi connectivity index (χ1) is 7.93. The van der Waals surface area contributed by atoms with Gasteiger partial charge >= 0.3 is 5.97 Å². The van der Waals surface area contributed by atoms with E-state index < -0.39 is 12.0 Å². The molecule has 0 aliphatic carbocycles. The number of rotatable bonds is 2. The molecule has 1 heterocycles. The molecule has 2 unspecified atom stereocenters. The summed E-state index contributed by atoms with van der Waals surface area (Å²) in [5, 5.41) is 9.03. The number of benzene rings is 1. The van der Waals surface area contributed by atoms with E-state index >= 15 is 0 Å². The van der Waals surface area contributed by atoms with Crippen LogP contribution in [0.25, 0.3) is 0 Å². The average Bonchev–Trinajstić information content (AvgIpc) is 2.60. The fourth-order valence-electron chi connectivity index (χ4n) is 2.59. The van der Waals surface area contributed by atoms with Gasteiger partial charge in [-0.2, -0.15) is 0 Å². The Morgan fingerprint density at radius 3 is 2.76 bits per heavy atom. The van der Waals surface area contributed by atoms with Gasteiger partial charge in [-0.1, -0.05) is 12.1 Å². The van der Waals surface area contributed by atoms with Crippen LogP contribution in [0.1, 0.15) is 22.6 Å². The van der Waals surface area contributed by atoms with E-state index in [4.69, 9.17) is 10.8 Å². The molecule has 17 heavy (non-hydrogen) atoms. The standard InChI is InChI=1S/C13H18N2O2/c1-7-4-5-9-10(11(14)13(16)17)6-15(3)12(9)8(7)2/h4-5,10-11H,6,14H2,1-3H3,(H,16,17). The van der Waals surface area contributed by atoms with Crippen LogP contribution in [0.4, 0.5) is 5.69 Å². The third-order valence-corrected chi connectivity index (χ3v) is 3.70. The maximum absolute atomic E-state index is 11.0. The van der Waals surface area contributed by atoms with E-state index in [0.29, 0.717) is 6.54 Å². The van der Waals surface area contributed by atoms with Gasteiger partial charge < -0.3 is 15.7 Å². The van der Waals surface area contributed by atoms with Crippen LogP contribution in [0.5, 0.6) is 0 Å². The zero-order valence-corrected chi connectivity index (χ0v) is 10.4. The van der Waals surface area contributed by atoms with Crippen molar-refractivity contribution in [2.45, 2.75) is 25.8 Å². The maximum Gasteiger partial charge on any atom is 0.321 e. The van der Waals surface area contributed by atoms with Gasteiger partial charge in [0.15, 0.2) is 0 Å². The lowest BCUT2D eigenvalue weighted by Crippen LogP contribution is -2.38. The Hall–Kier alpha value is -1.55. The molecular weight excluding hydrogens is 216 g/mol. The summed E-state index contributed by atoms with van der Waals surface area (Å²) in [6, 6.07) is 3.21. The summed E-state index contributed by atoms with van der Waals surface area (Å²) in [4.78, 5) is 13.1. The van der Waals surface area contributed by atoms with Crippen molar-refractivity contribution in [1.29, 1.82) is 0 Å². The number of hydrogen-bond acceptors (Lipinski definition) is 3. The van der Waals surface area contributed by atoms with E-state index in [1.807, 2.05) is 19.2 Å². The van der Waals surface area contributed by atoms with Crippen LogP contribution < -0.4 is 10.6 Å². The molecule has 1 aromatic rings. The highest BCUT2D eigenvalue weighted by molar-refractivity contribution is 5.77. The number of carbonyl (C=O) groups is 1. The molecule has 4 nitrogen and oxygen atoms in total. The Morgan fingerprint density at radius 2 is 2.18 bits per heavy atom. The Balaban J connectivity index is 2.49. The molecule has 4 heteroatoms. The van der Waals surface area contributed by atoms with Crippen molar-refractivity contribution in [3.63, 3.8) is 0 Å². The summed E-state index contributed by atoms with van der Waals surface area (Å²) in [7, 11) is 1.99. The fourth-order valence-corrected chi connectivity index (χ4v) is 2.59. The zero-order valence-electron chi connectivity index (χ0n) is 10.4. The number of carboxylic acid groups (broad SMARTS) is 1. The van der Waals surface area contributed by atoms with Gasteiger partial charge in [0, 0.05) is 25.2 Å². The predicted molar refractivity (Wildman–Crippen MR) is 67.5 cm³/mol. The zero-order chi connectivity index (χ0) is 12.7. The van der Waals surface area contributed by atoms with Crippen molar-refractivity contribution in [2.24, 2.45) is 5.73 Å². The summed E-state index contributed by atoms with van der Waals surface area (Å²) in [5.74, 6) is -1.05. The Bertz CT molecular complexity index is 471. The molecule has 3 N–H and O–H groups in total. The topological polar surface area (TPSA) is 66.6 Å². The minimum Gasteiger partial charge on any atom is -0.480 e. The second-order valence-corrected chi connectivity index (χ2v) is 4.80. The number of hydrogen-bond donors (Lipinski definition) is 2. The lowest BCUT2D eigenvalue weighted by Gasteiger charge is -2.16. The molecule has 92 valence electrons. The molecule has 0 saturated heterocycles. The first kappa shape index (κ1) is 11.9. The van der Waals surface area contributed by atoms with E-state index in [2.05, 4.69) is 18.7 Å². The summed E-state index contributed by atoms with van der Waals surface area (Å²) in [6.45, 7) is 4.81. The number of fused-ring (bicyclic) bond motifs is 1. The molecule has 1 aliphatic heterocycles. The van der Waals surface area contributed by atoms with Gasteiger partial charge in [0.05, 0.1) is 0 Å². The van der Waals surface area contributed by atoms with Crippen LogP contribution in [0.3, 0.4) is 0 Å². The summed E-state index contributed by atoms with van der Waals surface area (Å²) >= 11 is 0. The van der Waals surface area contributed by atoms with Crippen molar-refractivity contribution in [3.8, 4) is 0 Å². The number of nitrogens with zero attached hydrogens (tertiary/aromatic N) is 1. The Labute approximate surface area is 101 Å². The number of nitrogens with two attached hydrogens (primary N) is 1. The molecule has 0 aromatic heterocycles. The minimum absolute atomic E-state index is 0.119. The summed E-state index contributed by atoms with van der Waals surface area (Å²) in [6.07, 6.45) is 0. The molecule has 0 spiro atoms. The normalized spacial score (nSPS) is 20.2. The molecular formula is C13H18N2O2. The highest BCUT2D eigenvalue weighted by Crippen LogP contribution is 2.40. The number of carboxylic acids is 1. The average molecular weight is 234 g/mol. The predicted octanol–water partition coefficient (Wildman–Crippen LogP) is 1.25. The largest absolute Gasteiger partial charge is 0.480 e. The number of anilines is 1. The van der Waals surface area contributed by atoms with E-state index in [0.717, 1.165) is 11.3 Å². The van der Waals surface area contributed by atoms with Gasteiger partial charge in [0.25, 0.3) is 0 Å². The highest BCUT2D eigenvalue weighted by Gasteiger charge is 2.35. The van der Waals surface area contributed by atoms with Crippen molar-refractivity contribution >= 4 is 11.7 Å². The molecule has 0 radical (unpaired) electrons. The SMILES string of the molecule is Cc1ccc2c(c1C)N(C)CC2C(N)C(=O)O. The van der Waals surface area contributed by atoms with Gasteiger partial charge in [0.1, 0.15) is 6.04 Å². The number of likely N-dealkylation sites (N-methyl/N-ethyl adjacent to an activating group) is 1. The first-order valence-corrected chi connectivity index (χ1v) is 5.73. The summed E-state index contributed by atoms with van der Waals surface area (Å²) < 4.78 is 0. The van der Waals surface area contributed by atoms with Crippen molar-refractivity contribution in [3.05, 3.63) is 28.8 Å². The van der Waals surface area contributed by atoms with Crippen LogP contribution >= 0.6 is 0 Å². The van der Waals surface area contributed by atoms with Crippen LogP contribution in [-0.2, 0) is 4.79 Å². The van der Waals surface area contributed by atoms with Crippen LogP contribution in [0, 0.1) is 13.8 Å². The molecule has 1 aliphatic rings. The molecule has 2 rings (SSSR count). The lowest BCUT2D eigenvalue weighted by molar-refractivity contribution is -0.139. The third kappa shape index (κ3) is 1.78. The molecule has 2 atom stereocenters. The molecule has 0 saturated carbocycles. The van der Waals surface area contributed by atoms with E-state index in [-0.39, 0.29) is 5.92 Å². The molecule has 1 aromatic carbocycles. The number of aryl methyl sites for hydroxylation is 1. The molecule has 0 bridgehead atoms. The van der Waals surface area contributed by atoms with Gasteiger partial charge in [-0.3, -0.25) is 4.79 Å². The smallest absolute Gasteiger partial charge is 0.321 e. The van der Waals surface area contributed by atoms with Gasteiger partial charge in [-0.05, 0) is 30.5 Å². The van der Waals surface area contributed by atoms with E-state index in [1.54, 1.807) is 0 Å². The van der Waals surface area contributed by atoms with Crippen molar-refractivity contribution in [1.82, 2.24) is 0 Å². The maximum atomic E-state index is 11.0. The Kier molecular flexibility index (Phi) is 2.83. The van der Waals surface area contributed by atoms with Crippen LogP contribution in [0.2, 0.25) is 0 Å².